The van der Waals surface area contributed by atoms with Crippen molar-refractivity contribution < 1.29 is 14.3 Å². The summed E-state index contributed by atoms with van der Waals surface area (Å²) >= 11 is 6.08. The minimum Gasteiger partial charge on any atom is -0.493 e. The lowest BCUT2D eigenvalue weighted by Crippen LogP contribution is -2.32. The standard InChI is InChI=1S/C24H23ClN2O3/c1-29-22-8-5-18(13-23(22)30-16-17-9-11-26-12-10-17)15-27(21-6-7-21)24(28)19-3-2-4-20(25)14-19/h2-5,8-14,21H,6-7,15-16H2,1H3. The Morgan fingerprint density at radius 3 is 2.57 bits per heavy atom. The molecule has 4 rings (SSSR count). The minimum atomic E-state index is -0.00456. The summed E-state index contributed by atoms with van der Waals surface area (Å²) in [6.07, 6.45) is 5.52. The summed E-state index contributed by atoms with van der Waals surface area (Å²) in [5.74, 6) is 1.31. The predicted molar refractivity (Wildman–Crippen MR) is 116 cm³/mol. The summed E-state index contributed by atoms with van der Waals surface area (Å²) in [6, 6.07) is 17.0. The third kappa shape index (κ3) is 4.92. The molecule has 1 aliphatic rings. The maximum absolute atomic E-state index is 13.1. The summed E-state index contributed by atoms with van der Waals surface area (Å²) in [5, 5.41) is 0.563. The fourth-order valence-electron chi connectivity index (χ4n) is 3.31. The van der Waals surface area contributed by atoms with Gasteiger partial charge >= 0.3 is 0 Å². The number of methoxy groups -OCH3 is 1. The van der Waals surface area contributed by atoms with Gasteiger partial charge in [-0.05, 0) is 66.4 Å². The average Bonchev–Trinajstić information content (AvgIpc) is 3.61. The van der Waals surface area contributed by atoms with Gasteiger partial charge in [-0.3, -0.25) is 9.78 Å². The lowest BCUT2D eigenvalue weighted by atomic mass is 10.1. The second-order valence-corrected chi connectivity index (χ2v) is 7.74. The van der Waals surface area contributed by atoms with Gasteiger partial charge in [-0.25, -0.2) is 0 Å². The molecule has 1 saturated carbocycles. The molecule has 1 heterocycles. The Labute approximate surface area is 181 Å². The number of aromatic nitrogens is 1. The van der Waals surface area contributed by atoms with Crippen LogP contribution in [0.15, 0.2) is 67.0 Å². The first-order chi connectivity index (χ1) is 14.6. The van der Waals surface area contributed by atoms with Crippen LogP contribution >= 0.6 is 11.6 Å². The van der Waals surface area contributed by atoms with Gasteiger partial charge in [0.15, 0.2) is 11.5 Å². The Balaban J connectivity index is 1.52. The molecule has 0 radical (unpaired) electrons. The number of halogens is 1. The van der Waals surface area contributed by atoms with Gasteiger partial charge in [0.1, 0.15) is 6.61 Å². The normalized spacial score (nSPS) is 13.0. The second-order valence-electron chi connectivity index (χ2n) is 7.30. The first-order valence-electron chi connectivity index (χ1n) is 9.89. The van der Waals surface area contributed by atoms with Crippen LogP contribution in [-0.2, 0) is 13.2 Å². The summed E-state index contributed by atoms with van der Waals surface area (Å²) in [4.78, 5) is 19.0. The largest absolute Gasteiger partial charge is 0.493 e. The summed E-state index contributed by atoms with van der Waals surface area (Å²) in [7, 11) is 1.62. The third-order valence-corrected chi connectivity index (χ3v) is 5.28. The van der Waals surface area contributed by atoms with E-state index < -0.39 is 0 Å². The van der Waals surface area contributed by atoms with Crippen LogP contribution < -0.4 is 9.47 Å². The molecule has 0 saturated heterocycles. The zero-order chi connectivity index (χ0) is 20.9. The molecular weight excluding hydrogens is 400 g/mol. The molecule has 0 bridgehead atoms. The number of nitrogens with zero attached hydrogens (tertiary/aromatic N) is 2. The van der Waals surface area contributed by atoms with Gasteiger partial charge in [-0.2, -0.15) is 0 Å². The van der Waals surface area contributed by atoms with Gasteiger partial charge in [-0.15, -0.1) is 0 Å². The van der Waals surface area contributed by atoms with Crippen LogP contribution in [0.1, 0.15) is 34.3 Å². The van der Waals surface area contributed by atoms with E-state index >= 15 is 0 Å². The molecule has 154 valence electrons. The number of ether oxygens (including phenoxy) is 2. The van der Waals surface area contributed by atoms with Crippen molar-refractivity contribution in [2.75, 3.05) is 7.11 Å². The quantitative estimate of drug-likeness (QED) is 0.505. The van der Waals surface area contributed by atoms with Gasteiger partial charge in [0.05, 0.1) is 7.11 Å². The van der Waals surface area contributed by atoms with Crippen LogP contribution in [0.2, 0.25) is 5.02 Å². The van der Waals surface area contributed by atoms with Crippen LogP contribution in [0.4, 0.5) is 0 Å². The van der Waals surface area contributed by atoms with Gasteiger partial charge in [0.25, 0.3) is 5.91 Å². The van der Waals surface area contributed by atoms with Crippen molar-refractivity contribution in [3.63, 3.8) is 0 Å². The van der Waals surface area contributed by atoms with E-state index in [9.17, 15) is 4.79 Å². The highest BCUT2D eigenvalue weighted by Crippen LogP contribution is 2.33. The molecule has 6 heteroatoms. The number of pyridine rings is 1. The summed E-state index contributed by atoms with van der Waals surface area (Å²) in [5.41, 5.74) is 2.62. The topological polar surface area (TPSA) is 51.7 Å². The number of carbonyl (C=O) groups is 1. The SMILES string of the molecule is COc1ccc(CN(C(=O)c2cccc(Cl)c2)C2CC2)cc1OCc1ccncc1. The van der Waals surface area contributed by atoms with Crippen molar-refractivity contribution in [1.82, 2.24) is 9.88 Å². The Morgan fingerprint density at radius 2 is 1.87 bits per heavy atom. The van der Waals surface area contributed by atoms with Crippen molar-refractivity contribution in [3.8, 4) is 11.5 Å². The van der Waals surface area contributed by atoms with E-state index in [4.69, 9.17) is 21.1 Å². The van der Waals surface area contributed by atoms with E-state index in [1.807, 2.05) is 35.2 Å². The summed E-state index contributed by atoms with van der Waals surface area (Å²) < 4.78 is 11.5. The highest BCUT2D eigenvalue weighted by Gasteiger charge is 2.33. The maximum Gasteiger partial charge on any atom is 0.254 e. The van der Waals surface area contributed by atoms with E-state index in [2.05, 4.69) is 4.98 Å². The molecule has 1 fully saturated rings. The molecule has 3 aromatic rings. The smallest absolute Gasteiger partial charge is 0.254 e. The zero-order valence-electron chi connectivity index (χ0n) is 16.8. The molecule has 0 unspecified atom stereocenters. The number of benzene rings is 2. The van der Waals surface area contributed by atoms with Gasteiger partial charge < -0.3 is 14.4 Å². The molecule has 30 heavy (non-hydrogen) atoms. The second kappa shape index (κ2) is 9.18. The molecule has 1 aliphatic carbocycles. The molecule has 0 atom stereocenters. The molecule has 5 nitrogen and oxygen atoms in total. The van der Waals surface area contributed by atoms with Crippen LogP contribution in [-0.4, -0.2) is 28.9 Å². The molecule has 0 aliphatic heterocycles. The number of carbonyl (C=O) groups excluding carboxylic acids is 1. The maximum atomic E-state index is 13.1. The molecule has 1 amide bonds. The van der Waals surface area contributed by atoms with E-state index in [1.165, 1.54) is 0 Å². The average molecular weight is 423 g/mol. The highest BCUT2D eigenvalue weighted by molar-refractivity contribution is 6.30. The molecule has 0 N–H and O–H groups in total. The van der Waals surface area contributed by atoms with E-state index in [0.29, 0.717) is 35.2 Å². The molecule has 2 aromatic carbocycles. The Morgan fingerprint density at radius 1 is 1.07 bits per heavy atom. The number of hydrogen-bond donors (Lipinski definition) is 0. The predicted octanol–water partition coefficient (Wildman–Crippen LogP) is 5.13. The van der Waals surface area contributed by atoms with Crippen molar-refractivity contribution in [1.29, 1.82) is 0 Å². The first-order valence-corrected chi connectivity index (χ1v) is 10.3. The highest BCUT2D eigenvalue weighted by atomic mass is 35.5. The van der Waals surface area contributed by atoms with E-state index in [0.717, 1.165) is 24.0 Å². The minimum absolute atomic E-state index is 0.00456. The number of rotatable bonds is 8. The van der Waals surface area contributed by atoms with E-state index in [1.54, 1.807) is 43.8 Å². The van der Waals surface area contributed by atoms with Crippen LogP contribution in [0.3, 0.4) is 0 Å². The Hall–Kier alpha value is -3.05. The summed E-state index contributed by atoms with van der Waals surface area (Å²) in [6.45, 7) is 0.918. The molecule has 0 spiro atoms. The third-order valence-electron chi connectivity index (χ3n) is 5.04. The fourth-order valence-corrected chi connectivity index (χ4v) is 3.50. The van der Waals surface area contributed by atoms with Gasteiger partial charge in [-0.1, -0.05) is 23.7 Å². The number of hydrogen-bond acceptors (Lipinski definition) is 4. The Kier molecular flexibility index (Phi) is 6.19. The van der Waals surface area contributed by atoms with Crippen molar-refractivity contribution in [3.05, 3.63) is 88.7 Å². The van der Waals surface area contributed by atoms with Crippen LogP contribution in [0, 0.1) is 0 Å². The van der Waals surface area contributed by atoms with Crippen molar-refractivity contribution in [2.24, 2.45) is 0 Å². The van der Waals surface area contributed by atoms with E-state index in [-0.39, 0.29) is 11.9 Å². The lowest BCUT2D eigenvalue weighted by molar-refractivity contribution is 0.0729. The number of amides is 1. The van der Waals surface area contributed by atoms with Crippen LogP contribution in [0.25, 0.3) is 0 Å². The lowest BCUT2D eigenvalue weighted by Gasteiger charge is -2.23. The van der Waals surface area contributed by atoms with Crippen LogP contribution in [0.5, 0.6) is 11.5 Å². The van der Waals surface area contributed by atoms with Crippen molar-refractivity contribution in [2.45, 2.75) is 32.0 Å². The fraction of sp³-hybridized carbons (Fsp3) is 0.250. The monoisotopic (exact) mass is 422 g/mol. The van der Waals surface area contributed by atoms with Crippen molar-refractivity contribution >= 4 is 17.5 Å². The zero-order valence-corrected chi connectivity index (χ0v) is 17.5. The Bertz CT molecular complexity index is 1020. The van der Waals surface area contributed by atoms with Gasteiger partial charge in [0, 0.05) is 35.6 Å². The van der Waals surface area contributed by atoms with Gasteiger partial charge in [0.2, 0.25) is 0 Å². The molecule has 1 aromatic heterocycles. The first kappa shape index (κ1) is 20.2. The molecular formula is C24H23ClN2O3.